The highest BCUT2D eigenvalue weighted by atomic mass is 28.4. The first-order chi connectivity index (χ1) is 18.4. The largest absolute Gasteiger partial charge is 0.465 e. The van der Waals surface area contributed by atoms with E-state index in [4.69, 9.17) is 9.16 Å². The van der Waals surface area contributed by atoms with Crippen LogP contribution >= 0.6 is 0 Å². The number of benzene rings is 2. The smallest absolute Gasteiger partial charge is 0.337 e. The summed E-state index contributed by atoms with van der Waals surface area (Å²) in [5, 5.41) is 17.0. The maximum absolute atomic E-state index is 11.7. The molecule has 0 aliphatic heterocycles. The summed E-state index contributed by atoms with van der Waals surface area (Å²) >= 11 is 0. The molecule has 0 amide bonds. The van der Waals surface area contributed by atoms with Gasteiger partial charge in [-0.3, -0.25) is 0 Å². The number of methoxy groups -OCH3 is 2. The van der Waals surface area contributed by atoms with E-state index in [-0.39, 0.29) is 17.0 Å². The number of esters is 2. The first-order valence-corrected chi connectivity index (χ1v) is 15.8. The van der Waals surface area contributed by atoms with Gasteiger partial charge in [0.05, 0.1) is 50.6 Å². The molecule has 2 aromatic heterocycles. The molecular weight excluding hydrogens is 516 g/mol. The third kappa shape index (κ3) is 7.27. The van der Waals surface area contributed by atoms with Gasteiger partial charge < -0.3 is 13.9 Å². The van der Waals surface area contributed by atoms with Crippen molar-refractivity contribution < 1.29 is 23.5 Å². The van der Waals surface area contributed by atoms with E-state index < -0.39 is 8.32 Å². The first kappa shape index (κ1) is 29.9. The van der Waals surface area contributed by atoms with E-state index in [0.717, 1.165) is 35.0 Å². The van der Waals surface area contributed by atoms with Gasteiger partial charge in [-0.25, -0.2) is 14.3 Å². The van der Waals surface area contributed by atoms with Crippen molar-refractivity contribution in [2.45, 2.75) is 65.3 Å². The molecule has 0 atom stereocenters. The normalized spacial score (nSPS) is 11.8. The molecule has 11 nitrogen and oxygen atoms in total. The first-order valence-electron chi connectivity index (χ1n) is 12.9. The van der Waals surface area contributed by atoms with Crippen molar-refractivity contribution in [3.63, 3.8) is 0 Å². The van der Waals surface area contributed by atoms with Gasteiger partial charge in [-0.05, 0) is 61.0 Å². The Labute approximate surface area is 229 Å². The summed E-state index contributed by atoms with van der Waals surface area (Å²) in [6.45, 7) is 15.1. The third-order valence-electron chi connectivity index (χ3n) is 6.77. The molecule has 0 bridgehead atoms. The number of aromatic nitrogens is 6. The highest BCUT2D eigenvalue weighted by Crippen LogP contribution is 2.36. The van der Waals surface area contributed by atoms with Crippen LogP contribution in [-0.4, -0.2) is 71.1 Å². The van der Waals surface area contributed by atoms with E-state index in [0.29, 0.717) is 24.3 Å². The van der Waals surface area contributed by atoms with E-state index in [1.807, 2.05) is 0 Å². The van der Waals surface area contributed by atoms with Crippen molar-refractivity contribution in [3.8, 4) is 0 Å². The number of ether oxygens (including phenoxy) is 2. The molecular formula is C27H38N6O5Si. The summed E-state index contributed by atoms with van der Waals surface area (Å²) in [6.07, 6.45) is 0.977. The molecule has 0 spiro atoms. The van der Waals surface area contributed by atoms with E-state index in [1.54, 1.807) is 45.9 Å². The van der Waals surface area contributed by atoms with Gasteiger partial charge in [-0.15, -0.1) is 5.10 Å². The fraction of sp³-hybridized carbons (Fsp3) is 0.481. The van der Waals surface area contributed by atoms with Gasteiger partial charge in [0.15, 0.2) is 8.32 Å². The number of rotatable bonds is 8. The van der Waals surface area contributed by atoms with Gasteiger partial charge in [0, 0.05) is 0 Å². The Balaban J connectivity index is 0.000000230. The van der Waals surface area contributed by atoms with Crippen LogP contribution in [0.25, 0.3) is 22.1 Å². The molecule has 2 heterocycles. The minimum atomic E-state index is -1.78. The number of nitrogens with zero attached hydrogens (tertiary/aromatic N) is 6. The lowest BCUT2D eigenvalue weighted by Gasteiger charge is -2.36. The summed E-state index contributed by atoms with van der Waals surface area (Å²) in [5.74, 6) is -0.718. The zero-order valence-corrected chi connectivity index (χ0v) is 25.0. The van der Waals surface area contributed by atoms with E-state index in [1.165, 1.54) is 14.2 Å². The summed E-state index contributed by atoms with van der Waals surface area (Å²) < 4.78 is 17.3. The molecule has 0 aliphatic rings. The Morgan fingerprint density at radius 3 is 2.05 bits per heavy atom. The fourth-order valence-corrected chi connectivity index (χ4v) is 4.52. The minimum Gasteiger partial charge on any atom is -0.465 e. The quantitative estimate of drug-likeness (QED) is 0.222. The van der Waals surface area contributed by atoms with Crippen LogP contribution in [-0.2, 0) is 27.0 Å². The number of carbonyl (C=O) groups excluding carboxylic acids is 2. The lowest BCUT2D eigenvalue weighted by Crippen LogP contribution is -2.41. The van der Waals surface area contributed by atoms with Crippen LogP contribution in [0, 0.1) is 0 Å². The number of aryl methyl sites for hydroxylation is 1. The van der Waals surface area contributed by atoms with Crippen LogP contribution in [0.4, 0.5) is 0 Å². The molecule has 39 heavy (non-hydrogen) atoms. The highest BCUT2D eigenvalue weighted by Gasteiger charge is 2.36. The Bertz CT molecular complexity index is 1440. The van der Waals surface area contributed by atoms with Gasteiger partial charge in [0.1, 0.15) is 16.6 Å². The van der Waals surface area contributed by atoms with Crippen molar-refractivity contribution in [3.05, 3.63) is 47.5 Å². The Morgan fingerprint density at radius 2 is 1.46 bits per heavy atom. The predicted molar refractivity (Wildman–Crippen MR) is 151 cm³/mol. The Kier molecular flexibility index (Phi) is 9.57. The topological polar surface area (TPSA) is 123 Å². The molecule has 4 aromatic rings. The average Bonchev–Trinajstić information content (AvgIpc) is 3.50. The molecule has 0 radical (unpaired) electrons. The van der Waals surface area contributed by atoms with Gasteiger partial charge in [-0.2, -0.15) is 15.0 Å². The average molecular weight is 555 g/mol. The van der Waals surface area contributed by atoms with E-state index in [9.17, 15) is 9.59 Å². The summed E-state index contributed by atoms with van der Waals surface area (Å²) in [5.41, 5.74) is 4.07. The van der Waals surface area contributed by atoms with Gasteiger partial charge in [0.25, 0.3) is 0 Å². The Hall–Kier alpha value is -3.64. The standard InChI is InChI=1S/C16H25N3O3Si.C11H13N3O2/c1-16(2,3)23(5,6)22-10-9-19-14-11-12(15(20)21-4)7-8-13(14)17-18-19;1-3-6-14-12-9-5-4-8(11(15)16-2)7-10(9)13-14/h7-8,11H,9-10H2,1-6H3;4-5,7H,3,6H2,1-2H3. The van der Waals surface area contributed by atoms with Crippen LogP contribution in [0.15, 0.2) is 36.4 Å². The van der Waals surface area contributed by atoms with Gasteiger partial charge in [-0.1, -0.05) is 32.9 Å². The van der Waals surface area contributed by atoms with Crippen LogP contribution in [0.1, 0.15) is 54.8 Å². The Morgan fingerprint density at radius 1 is 0.872 bits per heavy atom. The molecule has 210 valence electrons. The van der Waals surface area contributed by atoms with Gasteiger partial charge >= 0.3 is 11.9 Å². The molecule has 2 aromatic carbocycles. The number of fused-ring (bicyclic) bond motifs is 2. The lowest BCUT2D eigenvalue weighted by molar-refractivity contribution is 0.0592. The molecule has 0 aliphatic carbocycles. The zero-order chi connectivity index (χ0) is 28.8. The number of hydrogen-bond donors (Lipinski definition) is 0. The minimum absolute atomic E-state index is 0.176. The molecule has 12 heteroatoms. The number of hydrogen-bond acceptors (Lipinski definition) is 9. The van der Waals surface area contributed by atoms with Crippen LogP contribution in [0.5, 0.6) is 0 Å². The highest BCUT2D eigenvalue weighted by molar-refractivity contribution is 6.74. The van der Waals surface area contributed by atoms with Crippen molar-refractivity contribution in [2.24, 2.45) is 0 Å². The number of carbonyl (C=O) groups is 2. The molecule has 0 N–H and O–H groups in total. The monoisotopic (exact) mass is 554 g/mol. The molecule has 0 saturated carbocycles. The summed E-state index contributed by atoms with van der Waals surface area (Å²) in [6, 6.07) is 10.4. The van der Waals surface area contributed by atoms with E-state index in [2.05, 4.69) is 66.0 Å². The van der Waals surface area contributed by atoms with Crippen LogP contribution < -0.4 is 0 Å². The molecule has 0 fully saturated rings. The van der Waals surface area contributed by atoms with Crippen molar-refractivity contribution in [1.82, 2.24) is 30.0 Å². The lowest BCUT2D eigenvalue weighted by atomic mass is 10.2. The van der Waals surface area contributed by atoms with Crippen molar-refractivity contribution in [2.75, 3.05) is 20.8 Å². The van der Waals surface area contributed by atoms with Crippen molar-refractivity contribution >= 4 is 42.3 Å². The maximum atomic E-state index is 11.7. The summed E-state index contributed by atoms with van der Waals surface area (Å²) in [4.78, 5) is 24.6. The molecule has 4 rings (SSSR count). The SMILES string of the molecule is CCCn1nc2ccc(C(=O)OC)cc2n1.COC(=O)c1ccc2nnn(CCO[Si](C)(C)C(C)(C)C)c2c1. The third-order valence-corrected chi connectivity index (χ3v) is 11.3. The molecule has 0 unspecified atom stereocenters. The van der Waals surface area contributed by atoms with E-state index >= 15 is 0 Å². The summed E-state index contributed by atoms with van der Waals surface area (Å²) in [7, 11) is 0.956. The zero-order valence-electron chi connectivity index (χ0n) is 24.0. The van der Waals surface area contributed by atoms with Crippen LogP contribution in [0.2, 0.25) is 18.1 Å². The predicted octanol–water partition coefficient (Wildman–Crippen LogP) is 4.87. The van der Waals surface area contributed by atoms with Gasteiger partial charge in [0.2, 0.25) is 0 Å². The second kappa shape index (κ2) is 12.5. The fourth-order valence-electron chi connectivity index (χ4n) is 3.48. The second-order valence-corrected chi connectivity index (χ2v) is 15.4. The maximum Gasteiger partial charge on any atom is 0.337 e. The second-order valence-electron chi connectivity index (χ2n) is 10.6. The van der Waals surface area contributed by atoms with Crippen LogP contribution in [0.3, 0.4) is 0 Å². The van der Waals surface area contributed by atoms with Crippen molar-refractivity contribution in [1.29, 1.82) is 0 Å². The molecule has 0 saturated heterocycles.